The van der Waals surface area contributed by atoms with Gasteiger partial charge in [0.1, 0.15) is 6.10 Å². The van der Waals surface area contributed by atoms with Crippen LogP contribution in [0.1, 0.15) is 51.3 Å². The number of hydrogen-bond donors (Lipinski definition) is 1. The van der Waals surface area contributed by atoms with Crippen molar-refractivity contribution in [3.8, 4) is 0 Å². The molecule has 2 atom stereocenters. The van der Waals surface area contributed by atoms with E-state index in [1.807, 2.05) is 26.0 Å². The van der Waals surface area contributed by atoms with Crippen molar-refractivity contribution < 1.29 is 9.84 Å². The van der Waals surface area contributed by atoms with E-state index in [0.717, 1.165) is 18.4 Å². The van der Waals surface area contributed by atoms with Crippen molar-refractivity contribution in [1.29, 1.82) is 0 Å². The van der Waals surface area contributed by atoms with Crippen molar-refractivity contribution in [3.05, 3.63) is 35.4 Å². The maximum absolute atomic E-state index is 10.5. The maximum Gasteiger partial charge on any atom is 0.108 e. The Labute approximate surface area is 111 Å². The van der Waals surface area contributed by atoms with Crippen molar-refractivity contribution in [2.75, 3.05) is 7.11 Å². The Kier molecular flexibility index (Phi) is 5.36. The summed E-state index contributed by atoms with van der Waals surface area (Å²) >= 11 is 0. The van der Waals surface area contributed by atoms with E-state index in [-0.39, 0.29) is 0 Å². The number of benzene rings is 1. The highest BCUT2D eigenvalue weighted by molar-refractivity contribution is 5.27. The molecule has 0 heterocycles. The predicted octanol–water partition coefficient (Wildman–Crippen LogP) is 3.73. The molecule has 0 bridgehead atoms. The van der Waals surface area contributed by atoms with Crippen LogP contribution in [0.15, 0.2) is 24.3 Å². The molecule has 1 N–H and O–H groups in total. The van der Waals surface area contributed by atoms with Gasteiger partial charge in [-0.3, -0.25) is 0 Å². The summed E-state index contributed by atoms with van der Waals surface area (Å²) < 4.78 is 5.47. The lowest BCUT2D eigenvalue weighted by Gasteiger charge is -2.32. The smallest absolute Gasteiger partial charge is 0.108 e. The van der Waals surface area contributed by atoms with E-state index in [0.29, 0.717) is 5.92 Å². The highest BCUT2D eigenvalue weighted by Gasteiger charge is 2.32. The van der Waals surface area contributed by atoms with Gasteiger partial charge in [-0.2, -0.15) is 0 Å². The lowest BCUT2D eigenvalue weighted by Crippen LogP contribution is -2.34. The summed E-state index contributed by atoms with van der Waals surface area (Å²) in [6, 6.07) is 8.20. The van der Waals surface area contributed by atoms with Crippen LogP contribution >= 0.6 is 0 Å². The summed E-state index contributed by atoms with van der Waals surface area (Å²) in [5.41, 5.74) is 1.70. The summed E-state index contributed by atoms with van der Waals surface area (Å²) in [5.74, 6) is 0.623. The molecule has 0 radical (unpaired) electrons. The molecule has 2 heteroatoms. The van der Waals surface area contributed by atoms with Gasteiger partial charge in [-0.05, 0) is 36.8 Å². The summed E-state index contributed by atoms with van der Waals surface area (Å²) in [5, 5.41) is 10.5. The zero-order chi connectivity index (χ0) is 13.8. The van der Waals surface area contributed by atoms with Gasteiger partial charge in [0.2, 0.25) is 0 Å². The van der Waals surface area contributed by atoms with Gasteiger partial charge in [-0.15, -0.1) is 0 Å². The molecule has 0 aliphatic heterocycles. The lowest BCUT2D eigenvalue weighted by molar-refractivity contribution is -0.0944. The van der Waals surface area contributed by atoms with Gasteiger partial charge in [0.15, 0.2) is 0 Å². The van der Waals surface area contributed by atoms with E-state index in [1.165, 1.54) is 5.56 Å². The van der Waals surface area contributed by atoms with Crippen molar-refractivity contribution in [3.63, 3.8) is 0 Å². The Morgan fingerprint density at radius 2 is 2.00 bits per heavy atom. The molecule has 1 aromatic rings. The molecule has 1 rings (SSSR count). The van der Waals surface area contributed by atoms with Crippen LogP contribution in [0.5, 0.6) is 0 Å². The van der Waals surface area contributed by atoms with Crippen molar-refractivity contribution in [1.82, 2.24) is 0 Å². The molecule has 0 amide bonds. The van der Waals surface area contributed by atoms with E-state index in [4.69, 9.17) is 4.74 Å². The Bertz CT molecular complexity index is 367. The van der Waals surface area contributed by atoms with E-state index < -0.39 is 11.7 Å². The minimum atomic E-state index is -0.584. The lowest BCUT2D eigenvalue weighted by atomic mass is 9.89. The van der Waals surface area contributed by atoms with E-state index in [2.05, 4.69) is 26.0 Å². The first kappa shape index (κ1) is 15.2. The molecule has 2 nitrogen and oxygen atoms in total. The van der Waals surface area contributed by atoms with Crippen molar-refractivity contribution >= 4 is 0 Å². The normalized spacial score (nSPS) is 16.6. The predicted molar refractivity (Wildman–Crippen MR) is 75.6 cm³/mol. The number of aliphatic hydroxyl groups is 1. The minimum Gasteiger partial charge on any atom is -0.385 e. The van der Waals surface area contributed by atoms with E-state index in [9.17, 15) is 5.11 Å². The summed E-state index contributed by atoms with van der Waals surface area (Å²) in [7, 11) is 1.66. The number of rotatable bonds is 6. The Balaban J connectivity index is 2.95. The first-order valence-corrected chi connectivity index (χ1v) is 6.75. The fourth-order valence-corrected chi connectivity index (χ4v) is 2.16. The standard InChI is InChI=1S/C16H26O2/c1-6-16(4,18-5)15(17)14-9-7-8-13(11-14)10-12(2)3/h7-9,11-12,15,17H,6,10H2,1-5H3. The molecular weight excluding hydrogens is 224 g/mol. The van der Waals surface area contributed by atoms with Crippen LogP contribution in [0.2, 0.25) is 0 Å². The molecule has 102 valence electrons. The molecule has 2 unspecified atom stereocenters. The summed E-state index contributed by atoms with van der Waals surface area (Å²) in [6.45, 7) is 8.39. The van der Waals surface area contributed by atoms with E-state index in [1.54, 1.807) is 7.11 Å². The molecule has 0 saturated carbocycles. The Morgan fingerprint density at radius 3 is 2.50 bits per heavy atom. The van der Waals surface area contributed by atoms with Gasteiger partial charge >= 0.3 is 0 Å². The minimum absolute atomic E-state index is 0.517. The van der Waals surface area contributed by atoms with Crippen LogP contribution in [0.25, 0.3) is 0 Å². The van der Waals surface area contributed by atoms with Gasteiger partial charge in [0, 0.05) is 7.11 Å². The van der Waals surface area contributed by atoms with Crippen LogP contribution in [0.3, 0.4) is 0 Å². The Morgan fingerprint density at radius 1 is 1.33 bits per heavy atom. The molecule has 1 aromatic carbocycles. The van der Waals surface area contributed by atoms with Crippen LogP contribution in [-0.2, 0) is 11.2 Å². The SMILES string of the molecule is CCC(C)(OC)C(O)c1cccc(CC(C)C)c1. The molecular formula is C16H26O2. The van der Waals surface area contributed by atoms with Gasteiger partial charge in [0.25, 0.3) is 0 Å². The van der Waals surface area contributed by atoms with Crippen LogP contribution < -0.4 is 0 Å². The number of ether oxygens (including phenoxy) is 1. The molecule has 0 spiro atoms. The number of hydrogen-bond acceptors (Lipinski definition) is 2. The zero-order valence-corrected chi connectivity index (χ0v) is 12.2. The second kappa shape index (κ2) is 6.35. The van der Waals surface area contributed by atoms with Gasteiger partial charge in [0.05, 0.1) is 5.60 Å². The highest BCUT2D eigenvalue weighted by atomic mass is 16.5. The molecule has 0 aliphatic carbocycles. The fourth-order valence-electron chi connectivity index (χ4n) is 2.16. The maximum atomic E-state index is 10.5. The zero-order valence-electron chi connectivity index (χ0n) is 12.2. The molecule has 0 aromatic heterocycles. The second-order valence-corrected chi connectivity index (χ2v) is 5.62. The fraction of sp³-hybridized carbons (Fsp3) is 0.625. The number of aliphatic hydroxyl groups excluding tert-OH is 1. The quantitative estimate of drug-likeness (QED) is 0.833. The largest absolute Gasteiger partial charge is 0.385 e. The highest BCUT2D eigenvalue weighted by Crippen LogP contribution is 2.32. The van der Waals surface area contributed by atoms with Crippen LogP contribution in [0.4, 0.5) is 0 Å². The molecule has 18 heavy (non-hydrogen) atoms. The topological polar surface area (TPSA) is 29.5 Å². The third kappa shape index (κ3) is 3.56. The summed E-state index contributed by atoms with van der Waals surface area (Å²) in [6.07, 6.45) is 1.23. The summed E-state index contributed by atoms with van der Waals surface area (Å²) in [4.78, 5) is 0. The second-order valence-electron chi connectivity index (χ2n) is 5.62. The van der Waals surface area contributed by atoms with Gasteiger partial charge in [-0.25, -0.2) is 0 Å². The Hall–Kier alpha value is -0.860. The molecule has 0 saturated heterocycles. The van der Waals surface area contributed by atoms with E-state index >= 15 is 0 Å². The average molecular weight is 250 g/mol. The van der Waals surface area contributed by atoms with Crippen LogP contribution in [-0.4, -0.2) is 17.8 Å². The third-order valence-corrected chi connectivity index (χ3v) is 3.66. The first-order chi connectivity index (χ1) is 8.42. The number of methoxy groups -OCH3 is 1. The van der Waals surface area contributed by atoms with Gasteiger partial charge < -0.3 is 9.84 Å². The van der Waals surface area contributed by atoms with Crippen molar-refractivity contribution in [2.45, 2.75) is 52.2 Å². The van der Waals surface area contributed by atoms with Gasteiger partial charge in [-0.1, -0.05) is 45.0 Å². The molecule has 0 fully saturated rings. The average Bonchev–Trinajstić information content (AvgIpc) is 2.36. The first-order valence-electron chi connectivity index (χ1n) is 6.75. The third-order valence-electron chi connectivity index (χ3n) is 3.66. The molecule has 0 aliphatic rings. The van der Waals surface area contributed by atoms with Crippen LogP contribution in [0, 0.1) is 5.92 Å². The monoisotopic (exact) mass is 250 g/mol. The van der Waals surface area contributed by atoms with Crippen molar-refractivity contribution in [2.24, 2.45) is 5.92 Å².